The van der Waals surface area contributed by atoms with Crippen LogP contribution in [0.15, 0.2) is 0 Å². The van der Waals surface area contributed by atoms with E-state index >= 15 is 0 Å². The molecule has 5 heteroatoms. The molecule has 0 radical (unpaired) electrons. The Bertz CT molecular complexity index is 450. The number of carbonyl (C=O) groups excluding carboxylic acids is 2. The van der Waals surface area contributed by atoms with E-state index in [1.165, 1.54) is 70.6 Å². The molecule has 0 amide bonds. The van der Waals surface area contributed by atoms with E-state index in [0.29, 0.717) is 12.8 Å². The summed E-state index contributed by atoms with van der Waals surface area (Å²) in [5.41, 5.74) is 0. The number of hydrogen-bond donors (Lipinski definition) is 1. The molecule has 0 aliphatic carbocycles. The van der Waals surface area contributed by atoms with E-state index in [-0.39, 0.29) is 25.2 Å². The largest absolute Gasteiger partial charge is 0.462 e. The van der Waals surface area contributed by atoms with Crippen LogP contribution >= 0.6 is 0 Å². The fraction of sp³-hybridized carbons (Fsp3) is 0.929. The molecule has 1 atom stereocenters. The highest BCUT2D eigenvalue weighted by atomic mass is 16.6. The second-order valence-corrected chi connectivity index (χ2v) is 9.96. The monoisotopic (exact) mass is 470 g/mol. The SMILES string of the molecule is CCCCCCCCCCCC(=O)OC[C@H](CO)OC(=O)CCCCCCCCCC(C)C. The first kappa shape index (κ1) is 31.9. The number of rotatable bonds is 24. The van der Waals surface area contributed by atoms with E-state index in [9.17, 15) is 14.7 Å². The van der Waals surface area contributed by atoms with Crippen LogP contribution in [0.3, 0.4) is 0 Å². The minimum Gasteiger partial charge on any atom is -0.462 e. The van der Waals surface area contributed by atoms with E-state index in [4.69, 9.17) is 9.47 Å². The summed E-state index contributed by atoms with van der Waals surface area (Å²) in [5.74, 6) is 0.198. The third-order valence-electron chi connectivity index (χ3n) is 6.08. The molecule has 0 aliphatic rings. The molecule has 33 heavy (non-hydrogen) atoms. The molecular formula is C28H54O5. The summed E-state index contributed by atoms with van der Waals surface area (Å²) in [7, 11) is 0. The van der Waals surface area contributed by atoms with E-state index in [0.717, 1.165) is 44.4 Å². The zero-order valence-electron chi connectivity index (χ0n) is 22.1. The number of ether oxygens (including phenoxy) is 2. The van der Waals surface area contributed by atoms with Crippen LogP contribution in [0, 0.1) is 5.92 Å². The number of carbonyl (C=O) groups is 2. The van der Waals surface area contributed by atoms with Crippen LogP contribution in [0.2, 0.25) is 0 Å². The summed E-state index contributed by atoms with van der Waals surface area (Å²) < 4.78 is 10.5. The van der Waals surface area contributed by atoms with Gasteiger partial charge in [0, 0.05) is 12.8 Å². The molecule has 0 spiro atoms. The predicted molar refractivity (Wildman–Crippen MR) is 136 cm³/mol. The zero-order chi connectivity index (χ0) is 24.6. The highest BCUT2D eigenvalue weighted by Crippen LogP contribution is 2.13. The Morgan fingerprint density at radius 2 is 1.12 bits per heavy atom. The van der Waals surface area contributed by atoms with Crippen molar-refractivity contribution in [3.63, 3.8) is 0 Å². The first-order valence-corrected chi connectivity index (χ1v) is 14.0. The van der Waals surface area contributed by atoms with Gasteiger partial charge in [-0.1, -0.05) is 117 Å². The maximum absolute atomic E-state index is 12.0. The Balaban J connectivity index is 3.62. The average Bonchev–Trinajstić information content (AvgIpc) is 2.79. The first-order valence-electron chi connectivity index (χ1n) is 14.0. The van der Waals surface area contributed by atoms with Crippen LogP contribution in [0.25, 0.3) is 0 Å². The van der Waals surface area contributed by atoms with Crippen LogP contribution < -0.4 is 0 Å². The molecule has 0 aliphatic heterocycles. The summed E-state index contributed by atoms with van der Waals surface area (Å²) in [4.78, 5) is 23.9. The van der Waals surface area contributed by atoms with Crippen molar-refractivity contribution in [1.82, 2.24) is 0 Å². The van der Waals surface area contributed by atoms with Gasteiger partial charge in [0.05, 0.1) is 6.61 Å². The summed E-state index contributed by atoms with van der Waals surface area (Å²) in [6.45, 7) is 6.37. The Morgan fingerprint density at radius 3 is 1.61 bits per heavy atom. The Kier molecular flexibility index (Phi) is 23.2. The van der Waals surface area contributed by atoms with Gasteiger partial charge >= 0.3 is 11.9 Å². The van der Waals surface area contributed by atoms with Crippen LogP contribution in [0.1, 0.15) is 143 Å². The average molecular weight is 471 g/mol. The Labute approximate surface area is 204 Å². The van der Waals surface area contributed by atoms with Gasteiger partial charge in [-0.25, -0.2) is 0 Å². The molecule has 1 N–H and O–H groups in total. The minimum absolute atomic E-state index is 0.0606. The molecule has 0 fully saturated rings. The Hall–Kier alpha value is -1.10. The van der Waals surface area contributed by atoms with Crippen molar-refractivity contribution in [3.05, 3.63) is 0 Å². The molecular weight excluding hydrogens is 416 g/mol. The first-order chi connectivity index (χ1) is 16.0. The van der Waals surface area contributed by atoms with Crippen molar-refractivity contribution in [3.8, 4) is 0 Å². The second-order valence-electron chi connectivity index (χ2n) is 9.96. The van der Waals surface area contributed by atoms with Gasteiger partial charge in [-0.05, 0) is 18.8 Å². The standard InChI is InChI=1S/C28H54O5/c1-4-5-6-7-8-9-12-15-18-21-27(30)32-24-26(23-29)33-28(31)22-19-16-13-10-11-14-17-20-25(2)3/h25-26,29H,4-24H2,1-3H3/t26-/m0/s1. The van der Waals surface area contributed by atoms with E-state index < -0.39 is 6.10 Å². The van der Waals surface area contributed by atoms with Gasteiger partial charge in [0.15, 0.2) is 6.10 Å². The maximum atomic E-state index is 12.0. The van der Waals surface area contributed by atoms with Crippen molar-refractivity contribution in [2.24, 2.45) is 5.92 Å². The molecule has 0 aromatic heterocycles. The highest BCUT2D eigenvalue weighted by molar-refractivity contribution is 5.70. The normalized spacial score (nSPS) is 12.2. The quantitative estimate of drug-likeness (QED) is 0.117. The van der Waals surface area contributed by atoms with Crippen molar-refractivity contribution in [1.29, 1.82) is 0 Å². The zero-order valence-corrected chi connectivity index (χ0v) is 22.1. The van der Waals surface area contributed by atoms with Gasteiger partial charge in [0.25, 0.3) is 0 Å². The van der Waals surface area contributed by atoms with Crippen LogP contribution in [-0.2, 0) is 19.1 Å². The molecule has 5 nitrogen and oxygen atoms in total. The number of aliphatic hydroxyl groups is 1. The number of esters is 2. The highest BCUT2D eigenvalue weighted by Gasteiger charge is 2.16. The third kappa shape index (κ3) is 23.8. The van der Waals surface area contributed by atoms with Crippen molar-refractivity contribution in [2.75, 3.05) is 13.2 Å². The van der Waals surface area contributed by atoms with Crippen LogP contribution in [-0.4, -0.2) is 36.4 Å². The van der Waals surface area contributed by atoms with E-state index in [1.807, 2.05) is 0 Å². The number of hydrogen-bond acceptors (Lipinski definition) is 5. The second kappa shape index (κ2) is 24.0. The lowest BCUT2D eigenvalue weighted by Gasteiger charge is -2.15. The van der Waals surface area contributed by atoms with Crippen molar-refractivity contribution < 1.29 is 24.2 Å². The molecule has 0 aromatic rings. The van der Waals surface area contributed by atoms with Gasteiger partial charge in [0.2, 0.25) is 0 Å². The number of unbranched alkanes of at least 4 members (excludes halogenated alkanes) is 14. The van der Waals surface area contributed by atoms with Crippen molar-refractivity contribution in [2.45, 2.75) is 149 Å². The predicted octanol–water partition coefficient (Wildman–Crippen LogP) is 7.52. The van der Waals surface area contributed by atoms with E-state index in [2.05, 4.69) is 20.8 Å². The molecule has 0 unspecified atom stereocenters. The van der Waals surface area contributed by atoms with Gasteiger partial charge in [-0.2, -0.15) is 0 Å². The minimum atomic E-state index is -0.759. The summed E-state index contributed by atoms with van der Waals surface area (Å²) in [6, 6.07) is 0. The van der Waals surface area contributed by atoms with E-state index in [1.54, 1.807) is 0 Å². The smallest absolute Gasteiger partial charge is 0.306 e. The lowest BCUT2D eigenvalue weighted by molar-refractivity contribution is -0.161. The van der Waals surface area contributed by atoms with Crippen LogP contribution in [0.4, 0.5) is 0 Å². The lowest BCUT2D eigenvalue weighted by atomic mass is 10.0. The fourth-order valence-electron chi connectivity index (χ4n) is 3.91. The lowest BCUT2D eigenvalue weighted by Crippen LogP contribution is -2.28. The van der Waals surface area contributed by atoms with Crippen molar-refractivity contribution >= 4 is 11.9 Å². The molecule has 0 saturated heterocycles. The van der Waals surface area contributed by atoms with Gasteiger partial charge in [-0.15, -0.1) is 0 Å². The molecule has 196 valence electrons. The molecule has 0 saturated carbocycles. The molecule has 0 bridgehead atoms. The molecule has 0 heterocycles. The van der Waals surface area contributed by atoms with Gasteiger partial charge in [0.1, 0.15) is 6.61 Å². The Morgan fingerprint density at radius 1 is 0.667 bits per heavy atom. The van der Waals surface area contributed by atoms with Gasteiger partial charge < -0.3 is 14.6 Å². The summed E-state index contributed by atoms with van der Waals surface area (Å²) in [6.07, 6.45) is 20.2. The van der Waals surface area contributed by atoms with Gasteiger partial charge in [-0.3, -0.25) is 9.59 Å². The summed E-state index contributed by atoms with van der Waals surface area (Å²) in [5, 5.41) is 9.42. The van der Waals surface area contributed by atoms with Crippen LogP contribution in [0.5, 0.6) is 0 Å². The molecule has 0 rings (SSSR count). The summed E-state index contributed by atoms with van der Waals surface area (Å²) >= 11 is 0. The third-order valence-corrected chi connectivity index (χ3v) is 6.08. The topological polar surface area (TPSA) is 72.8 Å². The number of aliphatic hydroxyl groups excluding tert-OH is 1. The molecule has 0 aromatic carbocycles. The maximum Gasteiger partial charge on any atom is 0.306 e. The fourth-order valence-corrected chi connectivity index (χ4v) is 3.91.